The van der Waals surface area contributed by atoms with E-state index < -0.39 is 5.97 Å². The number of amides is 2. The number of carbonyl (C=O) groups is 2. The molecular weight excluding hydrogens is 274 g/mol. The minimum atomic E-state index is -1.10. The number of aromatic carboxylic acids is 1. The molecular formula is C13H21N5O3. The Morgan fingerprint density at radius 3 is 2.62 bits per heavy atom. The van der Waals surface area contributed by atoms with Crippen LogP contribution in [0.4, 0.5) is 4.79 Å². The number of rotatable bonds is 5. The molecule has 0 aromatic carbocycles. The van der Waals surface area contributed by atoms with E-state index >= 15 is 0 Å². The van der Waals surface area contributed by atoms with Crippen LogP contribution in [0.2, 0.25) is 0 Å². The van der Waals surface area contributed by atoms with Crippen molar-refractivity contribution in [1.29, 1.82) is 0 Å². The molecule has 1 atom stereocenters. The molecule has 0 bridgehead atoms. The van der Waals surface area contributed by atoms with Gasteiger partial charge in [-0.1, -0.05) is 19.1 Å². The van der Waals surface area contributed by atoms with Gasteiger partial charge in [-0.3, -0.25) is 0 Å². The summed E-state index contributed by atoms with van der Waals surface area (Å²) in [4.78, 5) is 24.4. The molecule has 1 aliphatic rings. The SMILES string of the molecule is CC(C)CC(C)NC(=O)N1CC(n2cc(C(=O)O)nn2)C1. The van der Waals surface area contributed by atoms with Crippen LogP contribution < -0.4 is 5.32 Å². The monoisotopic (exact) mass is 295 g/mol. The summed E-state index contributed by atoms with van der Waals surface area (Å²) in [5.74, 6) is -0.563. The van der Waals surface area contributed by atoms with Crippen molar-refractivity contribution in [1.82, 2.24) is 25.2 Å². The first kappa shape index (κ1) is 15.3. The van der Waals surface area contributed by atoms with E-state index in [9.17, 15) is 9.59 Å². The number of carboxylic acids is 1. The van der Waals surface area contributed by atoms with Crippen LogP contribution in [-0.2, 0) is 0 Å². The molecule has 0 radical (unpaired) electrons. The first-order chi connectivity index (χ1) is 9.86. The molecule has 0 spiro atoms. The molecule has 2 N–H and O–H groups in total. The molecule has 8 nitrogen and oxygen atoms in total. The highest BCUT2D eigenvalue weighted by molar-refractivity contribution is 5.84. The fraction of sp³-hybridized carbons (Fsp3) is 0.692. The van der Waals surface area contributed by atoms with E-state index in [1.165, 1.54) is 10.9 Å². The molecule has 2 heterocycles. The summed E-state index contributed by atoms with van der Waals surface area (Å²) in [6.07, 6.45) is 2.33. The maximum absolute atomic E-state index is 12.0. The first-order valence-corrected chi connectivity index (χ1v) is 7.07. The Kier molecular flexibility index (Phi) is 4.44. The van der Waals surface area contributed by atoms with Crippen LogP contribution in [0.1, 0.15) is 43.7 Å². The quantitative estimate of drug-likeness (QED) is 0.843. The van der Waals surface area contributed by atoms with Gasteiger partial charge >= 0.3 is 12.0 Å². The number of nitrogens with one attached hydrogen (secondary N) is 1. The fourth-order valence-electron chi connectivity index (χ4n) is 2.41. The van der Waals surface area contributed by atoms with Crippen molar-refractivity contribution in [3.63, 3.8) is 0 Å². The average Bonchev–Trinajstić information content (AvgIpc) is 2.74. The zero-order valence-corrected chi connectivity index (χ0v) is 12.5. The molecule has 2 rings (SSSR count). The second-order valence-corrected chi connectivity index (χ2v) is 5.93. The Morgan fingerprint density at radius 1 is 1.43 bits per heavy atom. The van der Waals surface area contributed by atoms with Gasteiger partial charge in [-0.15, -0.1) is 5.10 Å². The third-order valence-electron chi connectivity index (χ3n) is 3.45. The molecule has 1 saturated heterocycles. The van der Waals surface area contributed by atoms with Crippen molar-refractivity contribution >= 4 is 12.0 Å². The molecule has 1 fully saturated rings. The van der Waals surface area contributed by atoms with E-state index in [2.05, 4.69) is 29.5 Å². The van der Waals surface area contributed by atoms with Crippen LogP contribution >= 0.6 is 0 Å². The van der Waals surface area contributed by atoms with E-state index in [-0.39, 0.29) is 23.8 Å². The number of nitrogens with zero attached hydrogens (tertiary/aromatic N) is 4. The Labute approximate surface area is 123 Å². The highest BCUT2D eigenvalue weighted by Crippen LogP contribution is 2.20. The number of urea groups is 1. The summed E-state index contributed by atoms with van der Waals surface area (Å²) in [7, 11) is 0. The maximum Gasteiger partial charge on any atom is 0.358 e. The predicted molar refractivity (Wildman–Crippen MR) is 75.0 cm³/mol. The lowest BCUT2D eigenvalue weighted by Gasteiger charge is -2.39. The van der Waals surface area contributed by atoms with Gasteiger partial charge in [-0.2, -0.15) is 0 Å². The lowest BCUT2D eigenvalue weighted by atomic mass is 10.1. The third kappa shape index (κ3) is 3.71. The van der Waals surface area contributed by atoms with Gasteiger partial charge in [0, 0.05) is 19.1 Å². The van der Waals surface area contributed by atoms with Crippen LogP contribution in [0, 0.1) is 5.92 Å². The molecule has 1 aliphatic heterocycles. The molecule has 1 unspecified atom stereocenters. The molecule has 0 saturated carbocycles. The van der Waals surface area contributed by atoms with E-state index in [1.807, 2.05) is 6.92 Å². The van der Waals surface area contributed by atoms with Gasteiger partial charge in [-0.25, -0.2) is 14.3 Å². The fourth-order valence-corrected chi connectivity index (χ4v) is 2.41. The van der Waals surface area contributed by atoms with Gasteiger partial charge in [-0.05, 0) is 19.3 Å². The number of likely N-dealkylation sites (tertiary alicyclic amines) is 1. The molecule has 2 amide bonds. The number of hydrogen-bond donors (Lipinski definition) is 2. The number of carbonyl (C=O) groups excluding carboxylic acids is 1. The zero-order valence-electron chi connectivity index (χ0n) is 12.5. The van der Waals surface area contributed by atoms with Crippen LogP contribution in [0.3, 0.4) is 0 Å². The number of carboxylic acid groups (broad SMARTS) is 1. The second kappa shape index (κ2) is 6.11. The highest BCUT2D eigenvalue weighted by Gasteiger charge is 2.33. The Balaban J connectivity index is 1.80. The number of hydrogen-bond acceptors (Lipinski definition) is 4. The standard InChI is InChI=1S/C13H21N5O3/c1-8(2)4-9(3)14-13(21)17-5-10(6-17)18-7-11(12(19)20)15-16-18/h7-10H,4-6H2,1-3H3,(H,14,21)(H,19,20). The first-order valence-electron chi connectivity index (χ1n) is 7.07. The lowest BCUT2D eigenvalue weighted by Crippen LogP contribution is -2.55. The van der Waals surface area contributed by atoms with E-state index in [0.29, 0.717) is 19.0 Å². The summed E-state index contributed by atoms with van der Waals surface area (Å²) < 4.78 is 1.50. The summed E-state index contributed by atoms with van der Waals surface area (Å²) in [5, 5.41) is 19.1. The Bertz CT molecular complexity index is 522. The predicted octanol–water partition coefficient (Wildman–Crippen LogP) is 0.977. The molecule has 1 aromatic heterocycles. The minimum Gasteiger partial charge on any atom is -0.476 e. The Morgan fingerprint density at radius 2 is 2.10 bits per heavy atom. The van der Waals surface area contributed by atoms with E-state index in [0.717, 1.165) is 6.42 Å². The minimum absolute atomic E-state index is 0.00300. The zero-order chi connectivity index (χ0) is 15.6. The topological polar surface area (TPSA) is 100 Å². The van der Waals surface area contributed by atoms with Gasteiger partial charge < -0.3 is 15.3 Å². The summed E-state index contributed by atoms with van der Waals surface area (Å²) >= 11 is 0. The van der Waals surface area contributed by atoms with Crippen molar-refractivity contribution in [2.75, 3.05) is 13.1 Å². The van der Waals surface area contributed by atoms with Crippen molar-refractivity contribution in [2.24, 2.45) is 5.92 Å². The van der Waals surface area contributed by atoms with Crippen molar-refractivity contribution in [3.05, 3.63) is 11.9 Å². The normalized spacial score (nSPS) is 16.7. The van der Waals surface area contributed by atoms with Crippen molar-refractivity contribution in [3.8, 4) is 0 Å². The van der Waals surface area contributed by atoms with Gasteiger partial charge in [0.1, 0.15) is 0 Å². The molecule has 1 aromatic rings. The van der Waals surface area contributed by atoms with Crippen LogP contribution in [-0.4, -0.2) is 56.1 Å². The molecule has 116 valence electrons. The number of aromatic nitrogens is 3. The average molecular weight is 295 g/mol. The molecule has 21 heavy (non-hydrogen) atoms. The largest absolute Gasteiger partial charge is 0.476 e. The van der Waals surface area contributed by atoms with Crippen molar-refractivity contribution in [2.45, 2.75) is 39.3 Å². The van der Waals surface area contributed by atoms with Gasteiger partial charge in [0.05, 0.1) is 12.2 Å². The van der Waals surface area contributed by atoms with E-state index in [4.69, 9.17) is 5.11 Å². The van der Waals surface area contributed by atoms with Crippen molar-refractivity contribution < 1.29 is 14.7 Å². The van der Waals surface area contributed by atoms with Crippen LogP contribution in [0.5, 0.6) is 0 Å². The smallest absolute Gasteiger partial charge is 0.358 e. The molecule has 8 heteroatoms. The summed E-state index contributed by atoms with van der Waals surface area (Å²) in [6, 6.07) is 0.0521. The lowest BCUT2D eigenvalue weighted by molar-refractivity contribution is 0.0690. The van der Waals surface area contributed by atoms with Gasteiger partial charge in [0.15, 0.2) is 5.69 Å². The highest BCUT2D eigenvalue weighted by atomic mass is 16.4. The third-order valence-corrected chi connectivity index (χ3v) is 3.45. The van der Waals surface area contributed by atoms with Gasteiger partial charge in [0.25, 0.3) is 0 Å². The van der Waals surface area contributed by atoms with Crippen LogP contribution in [0.15, 0.2) is 6.20 Å². The maximum atomic E-state index is 12.0. The second-order valence-electron chi connectivity index (χ2n) is 5.93. The summed E-state index contributed by atoms with van der Waals surface area (Å²) in [6.45, 7) is 7.26. The Hall–Kier alpha value is -2.12. The van der Waals surface area contributed by atoms with Crippen LogP contribution in [0.25, 0.3) is 0 Å². The van der Waals surface area contributed by atoms with E-state index in [1.54, 1.807) is 4.90 Å². The van der Waals surface area contributed by atoms with Gasteiger partial charge in [0.2, 0.25) is 0 Å². The molecule has 0 aliphatic carbocycles. The summed E-state index contributed by atoms with van der Waals surface area (Å²) in [5.41, 5.74) is -0.0801.